The first kappa shape index (κ1) is 14.9. The molecule has 0 radical (unpaired) electrons. The molecule has 0 bridgehead atoms. The molecule has 0 saturated heterocycles. The van der Waals surface area contributed by atoms with E-state index in [0.29, 0.717) is 19.4 Å². The van der Waals surface area contributed by atoms with Crippen molar-refractivity contribution in [1.29, 1.82) is 5.26 Å². The fourth-order valence-corrected chi connectivity index (χ4v) is 2.51. The summed E-state index contributed by atoms with van der Waals surface area (Å²) in [5, 5.41) is 12.1. The number of rotatable bonds is 7. The molecule has 0 saturated carbocycles. The summed E-state index contributed by atoms with van der Waals surface area (Å²) in [5.41, 5.74) is 7.93. The lowest BCUT2D eigenvalue weighted by atomic mass is 10.3. The van der Waals surface area contributed by atoms with E-state index in [1.807, 2.05) is 0 Å². The molecule has 0 amide bonds. The fraction of sp³-hybridized carbons (Fsp3) is 0.400. The van der Waals surface area contributed by atoms with Gasteiger partial charge in [-0.1, -0.05) is 5.11 Å². The molecule has 0 aromatic carbocycles. The lowest BCUT2D eigenvalue weighted by Gasteiger charge is -2.06. The summed E-state index contributed by atoms with van der Waals surface area (Å²) in [6.45, 7) is 0.539. The van der Waals surface area contributed by atoms with Crippen LogP contribution in [-0.4, -0.2) is 26.5 Å². The molecule has 1 rings (SSSR count). The van der Waals surface area contributed by atoms with Gasteiger partial charge in [-0.25, -0.2) is 18.1 Å². The minimum atomic E-state index is -3.73. The van der Waals surface area contributed by atoms with Gasteiger partial charge < -0.3 is 0 Å². The number of hydrogen-bond acceptors (Lipinski definition) is 5. The van der Waals surface area contributed by atoms with Crippen LogP contribution in [0.1, 0.15) is 18.5 Å². The van der Waals surface area contributed by atoms with Crippen molar-refractivity contribution in [2.75, 3.05) is 13.1 Å². The van der Waals surface area contributed by atoms with E-state index in [9.17, 15) is 8.42 Å². The van der Waals surface area contributed by atoms with E-state index in [0.717, 1.165) is 0 Å². The van der Waals surface area contributed by atoms with Crippen molar-refractivity contribution < 1.29 is 8.42 Å². The summed E-state index contributed by atoms with van der Waals surface area (Å²) in [4.78, 5) is 6.16. The van der Waals surface area contributed by atoms with Gasteiger partial charge in [-0.3, -0.25) is 0 Å². The molecule has 19 heavy (non-hydrogen) atoms. The predicted molar refractivity (Wildman–Crippen MR) is 67.4 cm³/mol. The van der Waals surface area contributed by atoms with Crippen molar-refractivity contribution in [2.24, 2.45) is 5.11 Å². The highest BCUT2D eigenvalue weighted by molar-refractivity contribution is 7.89. The van der Waals surface area contributed by atoms with E-state index in [2.05, 4.69) is 19.7 Å². The van der Waals surface area contributed by atoms with Crippen LogP contribution in [0.25, 0.3) is 10.4 Å². The molecule has 0 aliphatic carbocycles. The van der Waals surface area contributed by atoms with E-state index in [-0.39, 0.29) is 17.1 Å². The van der Waals surface area contributed by atoms with Gasteiger partial charge in [0, 0.05) is 24.2 Å². The average Bonchev–Trinajstić information content (AvgIpc) is 2.42. The number of nitriles is 1. The molecule has 100 valence electrons. The highest BCUT2D eigenvalue weighted by atomic mass is 32.2. The zero-order chi connectivity index (χ0) is 14.1. The van der Waals surface area contributed by atoms with Crippen molar-refractivity contribution in [3.8, 4) is 6.07 Å². The number of aromatic nitrogens is 1. The number of hydrogen-bond donors (Lipinski definition) is 1. The minimum absolute atomic E-state index is 0.132. The van der Waals surface area contributed by atoms with Crippen molar-refractivity contribution in [1.82, 2.24) is 9.71 Å². The molecule has 1 heterocycles. The molecule has 0 atom stereocenters. The number of azide groups is 1. The Labute approximate surface area is 110 Å². The lowest BCUT2D eigenvalue weighted by molar-refractivity contribution is 0.576. The third-order valence-electron chi connectivity index (χ3n) is 2.21. The minimum Gasteiger partial charge on any atom is -0.244 e. The Morgan fingerprint density at radius 3 is 3.00 bits per heavy atom. The standard InChI is InChI=1S/C10H12N6O2S/c11-8-9-10(4-3-5-13-9)19(17,18)15-7-2-1-6-14-16-12/h3-5,15H,1-2,6-7H2. The zero-order valence-electron chi connectivity index (χ0n) is 10.0. The van der Waals surface area contributed by atoms with Gasteiger partial charge in [-0.2, -0.15) is 5.26 Å². The van der Waals surface area contributed by atoms with Crippen molar-refractivity contribution in [3.05, 3.63) is 34.5 Å². The molecule has 1 N–H and O–H groups in total. The van der Waals surface area contributed by atoms with Gasteiger partial charge in [-0.15, -0.1) is 0 Å². The first-order chi connectivity index (χ1) is 9.11. The SMILES string of the molecule is N#Cc1ncccc1S(=O)(=O)NCCCCN=[N+]=[N-]. The Kier molecular flexibility index (Phi) is 5.75. The Morgan fingerprint density at radius 1 is 1.53 bits per heavy atom. The van der Waals surface area contributed by atoms with E-state index >= 15 is 0 Å². The molecular formula is C10H12N6O2S. The van der Waals surface area contributed by atoms with Crippen LogP contribution in [0, 0.1) is 11.3 Å². The van der Waals surface area contributed by atoms with Crippen LogP contribution in [0.2, 0.25) is 0 Å². The quantitative estimate of drug-likeness (QED) is 0.349. The van der Waals surface area contributed by atoms with Crippen LogP contribution in [0.3, 0.4) is 0 Å². The highest BCUT2D eigenvalue weighted by Crippen LogP contribution is 2.11. The summed E-state index contributed by atoms with van der Waals surface area (Å²) >= 11 is 0. The average molecular weight is 280 g/mol. The van der Waals surface area contributed by atoms with Gasteiger partial charge in [0.05, 0.1) is 0 Å². The topological polar surface area (TPSA) is 132 Å². The fourth-order valence-electron chi connectivity index (χ4n) is 1.33. The molecule has 9 heteroatoms. The van der Waals surface area contributed by atoms with Gasteiger partial charge in [-0.05, 0) is 30.5 Å². The Balaban J connectivity index is 2.62. The summed E-state index contributed by atoms with van der Waals surface area (Å²) < 4.78 is 26.2. The van der Waals surface area contributed by atoms with Crippen LogP contribution >= 0.6 is 0 Å². The number of nitrogens with zero attached hydrogens (tertiary/aromatic N) is 5. The van der Waals surface area contributed by atoms with Crippen molar-refractivity contribution in [3.63, 3.8) is 0 Å². The van der Waals surface area contributed by atoms with Crippen LogP contribution in [0.4, 0.5) is 0 Å². The van der Waals surface area contributed by atoms with E-state index in [1.54, 1.807) is 6.07 Å². The second-order valence-electron chi connectivity index (χ2n) is 3.52. The molecule has 0 aliphatic heterocycles. The molecule has 8 nitrogen and oxygen atoms in total. The zero-order valence-corrected chi connectivity index (χ0v) is 10.8. The lowest BCUT2D eigenvalue weighted by Crippen LogP contribution is -2.25. The molecule has 0 spiro atoms. The summed E-state index contributed by atoms with van der Waals surface area (Å²) in [6.07, 6.45) is 2.49. The van der Waals surface area contributed by atoms with Crippen LogP contribution in [-0.2, 0) is 10.0 Å². The maximum atomic E-state index is 11.9. The third kappa shape index (κ3) is 4.56. The van der Waals surface area contributed by atoms with Crippen LogP contribution < -0.4 is 4.72 Å². The van der Waals surface area contributed by atoms with Crippen molar-refractivity contribution >= 4 is 10.0 Å². The predicted octanol–water partition coefficient (Wildman–Crippen LogP) is 1.32. The molecule has 1 aromatic rings. The monoisotopic (exact) mass is 280 g/mol. The molecular weight excluding hydrogens is 268 g/mol. The third-order valence-corrected chi connectivity index (χ3v) is 3.70. The number of unbranched alkanes of at least 4 members (excludes halogenated alkanes) is 1. The van der Waals surface area contributed by atoms with Crippen molar-refractivity contribution in [2.45, 2.75) is 17.7 Å². The smallest absolute Gasteiger partial charge is 0.243 e. The maximum absolute atomic E-state index is 11.9. The Morgan fingerprint density at radius 2 is 2.32 bits per heavy atom. The first-order valence-corrected chi connectivity index (χ1v) is 6.96. The summed E-state index contributed by atoms with van der Waals surface area (Å²) in [5.74, 6) is 0. The Bertz CT molecular complexity index is 615. The second kappa shape index (κ2) is 7.33. The van der Waals surface area contributed by atoms with Gasteiger partial charge >= 0.3 is 0 Å². The maximum Gasteiger partial charge on any atom is 0.243 e. The van der Waals surface area contributed by atoms with Crippen LogP contribution in [0.15, 0.2) is 28.3 Å². The molecule has 0 fully saturated rings. The highest BCUT2D eigenvalue weighted by Gasteiger charge is 2.18. The van der Waals surface area contributed by atoms with Gasteiger partial charge in [0.15, 0.2) is 5.69 Å². The van der Waals surface area contributed by atoms with Gasteiger partial charge in [0.2, 0.25) is 10.0 Å². The van der Waals surface area contributed by atoms with E-state index in [4.69, 9.17) is 10.8 Å². The Hall–Kier alpha value is -2.14. The number of nitrogens with one attached hydrogen (secondary N) is 1. The van der Waals surface area contributed by atoms with Gasteiger partial charge in [0.25, 0.3) is 0 Å². The van der Waals surface area contributed by atoms with E-state index < -0.39 is 10.0 Å². The normalized spacial score (nSPS) is 10.5. The molecule has 0 aliphatic rings. The summed E-state index contributed by atoms with van der Waals surface area (Å²) in [7, 11) is -3.73. The molecule has 1 aromatic heterocycles. The number of pyridine rings is 1. The van der Waals surface area contributed by atoms with E-state index in [1.165, 1.54) is 18.3 Å². The summed E-state index contributed by atoms with van der Waals surface area (Å²) in [6, 6.07) is 4.52. The molecule has 0 unspecified atom stereocenters. The largest absolute Gasteiger partial charge is 0.244 e. The second-order valence-corrected chi connectivity index (χ2v) is 5.26. The first-order valence-electron chi connectivity index (χ1n) is 5.47. The van der Waals surface area contributed by atoms with Crippen LogP contribution in [0.5, 0.6) is 0 Å². The van der Waals surface area contributed by atoms with Gasteiger partial charge in [0.1, 0.15) is 11.0 Å². The number of sulfonamides is 1.